The minimum absolute atomic E-state index is 0.0481. The van der Waals surface area contributed by atoms with E-state index in [0.29, 0.717) is 31.3 Å². The molecule has 166 valence electrons. The molecule has 0 spiro atoms. The van der Waals surface area contributed by atoms with Gasteiger partial charge < -0.3 is 14.4 Å². The number of para-hydroxylation sites is 2. The van der Waals surface area contributed by atoms with Gasteiger partial charge in [-0.1, -0.05) is 24.3 Å². The third kappa shape index (κ3) is 4.86. The first-order valence-corrected chi connectivity index (χ1v) is 10.9. The highest BCUT2D eigenvalue weighted by Gasteiger charge is 2.33. The molecule has 2 heterocycles. The second-order valence-electron chi connectivity index (χ2n) is 9.06. The Hall–Kier alpha value is -3.53. The van der Waals surface area contributed by atoms with Crippen LogP contribution in [-0.4, -0.2) is 45.3 Å². The van der Waals surface area contributed by atoms with Crippen molar-refractivity contribution in [1.29, 1.82) is 5.26 Å². The molecule has 3 aromatic rings. The lowest BCUT2D eigenvalue weighted by molar-refractivity contribution is 0.0183. The number of hydrogen-bond donors (Lipinski definition) is 0. The summed E-state index contributed by atoms with van der Waals surface area (Å²) in [5.74, 6) is 0. The van der Waals surface area contributed by atoms with Crippen molar-refractivity contribution in [2.75, 3.05) is 13.2 Å². The lowest BCUT2D eigenvalue weighted by atomic mass is 10.1. The van der Waals surface area contributed by atoms with Crippen molar-refractivity contribution in [1.82, 2.24) is 14.5 Å². The number of hydrogen-bond acceptors (Lipinski definition) is 5. The van der Waals surface area contributed by atoms with E-state index >= 15 is 0 Å². The van der Waals surface area contributed by atoms with Crippen LogP contribution in [0.5, 0.6) is 6.01 Å². The van der Waals surface area contributed by atoms with Gasteiger partial charge in [-0.15, -0.1) is 0 Å². The first kappa shape index (κ1) is 21.7. The average Bonchev–Trinajstić information content (AvgIpc) is 3.36. The summed E-state index contributed by atoms with van der Waals surface area (Å²) in [6.45, 7) is 7.22. The van der Waals surface area contributed by atoms with Crippen molar-refractivity contribution in [2.45, 2.75) is 51.8 Å². The predicted octanol–water partition coefficient (Wildman–Crippen LogP) is 4.73. The normalized spacial score (nSPS) is 16.2. The van der Waals surface area contributed by atoms with Crippen LogP contribution in [0.1, 0.15) is 44.7 Å². The van der Waals surface area contributed by atoms with E-state index in [2.05, 4.69) is 11.1 Å². The third-order valence-corrected chi connectivity index (χ3v) is 5.45. The van der Waals surface area contributed by atoms with Gasteiger partial charge >= 0.3 is 6.09 Å². The molecule has 1 amide bonds. The van der Waals surface area contributed by atoms with Crippen molar-refractivity contribution in [2.24, 2.45) is 0 Å². The van der Waals surface area contributed by atoms with Gasteiger partial charge in [0.05, 0.1) is 35.3 Å². The van der Waals surface area contributed by atoms with Crippen LogP contribution in [0.25, 0.3) is 11.0 Å². The topological polar surface area (TPSA) is 80.4 Å². The highest BCUT2D eigenvalue weighted by atomic mass is 16.6. The van der Waals surface area contributed by atoms with Gasteiger partial charge in [0.1, 0.15) is 12.2 Å². The van der Waals surface area contributed by atoms with Crippen molar-refractivity contribution in [3.63, 3.8) is 0 Å². The lowest BCUT2D eigenvalue weighted by Gasteiger charge is -2.28. The molecular weight excluding hydrogens is 404 g/mol. The van der Waals surface area contributed by atoms with E-state index in [4.69, 9.17) is 14.7 Å². The van der Waals surface area contributed by atoms with Crippen LogP contribution >= 0.6 is 0 Å². The number of aromatic nitrogens is 2. The van der Waals surface area contributed by atoms with E-state index in [-0.39, 0.29) is 12.1 Å². The molecule has 0 bridgehead atoms. The summed E-state index contributed by atoms with van der Waals surface area (Å²) in [5, 5.41) is 9.05. The van der Waals surface area contributed by atoms with Crippen LogP contribution in [0.15, 0.2) is 48.5 Å². The first-order valence-electron chi connectivity index (χ1n) is 10.9. The molecule has 1 aliphatic heterocycles. The van der Waals surface area contributed by atoms with E-state index < -0.39 is 5.60 Å². The molecule has 0 radical (unpaired) electrons. The zero-order valence-corrected chi connectivity index (χ0v) is 18.7. The minimum Gasteiger partial charge on any atom is -0.462 e. The molecule has 2 aromatic carbocycles. The largest absolute Gasteiger partial charge is 0.462 e. The molecule has 0 N–H and O–H groups in total. The zero-order chi connectivity index (χ0) is 22.7. The number of carbonyl (C=O) groups excluding carboxylic acids is 1. The van der Waals surface area contributed by atoms with E-state index in [1.165, 1.54) is 0 Å². The van der Waals surface area contributed by atoms with Crippen LogP contribution < -0.4 is 4.74 Å². The van der Waals surface area contributed by atoms with Gasteiger partial charge in [-0.2, -0.15) is 10.2 Å². The Balaban J connectivity index is 1.53. The monoisotopic (exact) mass is 432 g/mol. The molecule has 1 atom stereocenters. The first-order chi connectivity index (χ1) is 15.3. The summed E-state index contributed by atoms with van der Waals surface area (Å²) in [6.07, 6.45) is 1.50. The number of benzene rings is 2. The van der Waals surface area contributed by atoms with E-state index in [9.17, 15) is 4.79 Å². The van der Waals surface area contributed by atoms with Crippen molar-refractivity contribution in [3.05, 3.63) is 59.7 Å². The standard InChI is InChI=1S/C25H28N4O3/c1-25(2,3)32-24(30)28-14-6-7-20(28)17-31-23-27-21-8-4-5-9-22(21)29(23)16-19-12-10-18(15-26)11-13-19/h4-5,8-13,20H,6-7,14,16-17H2,1-3H3/t20-/m1/s1. The van der Waals surface area contributed by atoms with Crippen LogP contribution in [0.2, 0.25) is 0 Å². The van der Waals surface area contributed by atoms with Crippen molar-refractivity contribution in [3.8, 4) is 12.1 Å². The quantitative estimate of drug-likeness (QED) is 0.582. The molecule has 0 aliphatic carbocycles. The number of likely N-dealkylation sites (tertiary alicyclic amines) is 1. The van der Waals surface area contributed by atoms with Gasteiger partial charge in [0.25, 0.3) is 6.01 Å². The summed E-state index contributed by atoms with van der Waals surface area (Å²) < 4.78 is 13.8. The van der Waals surface area contributed by atoms with Gasteiger partial charge in [0.15, 0.2) is 0 Å². The fraction of sp³-hybridized carbons (Fsp3) is 0.400. The van der Waals surface area contributed by atoms with Crippen LogP contribution in [0.3, 0.4) is 0 Å². The third-order valence-electron chi connectivity index (χ3n) is 5.45. The molecule has 1 saturated heterocycles. The highest BCUT2D eigenvalue weighted by Crippen LogP contribution is 2.25. The summed E-state index contributed by atoms with van der Waals surface area (Å²) in [4.78, 5) is 19.0. The molecule has 7 heteroatoms. The Kier molecular flexibility index (Phi) is 6.04. The van der Waals surface area contributed by atoms with Gasteiger partial charge in [-0.3, -0.25) is 4.57 Å². The van der Waals surface area contributed by atoms with Gasteiger partial charge in [-0.05, 0) is 63.4 Å². The molecule has 1 aromatic heterocycles. The second-order valence-corrected chi connectivity index (χ2v) is 9.06. The fourth-order valence-corrected chi connectivity index (χ4v) is 3.92. The van der Waals surface area contributed by atoms with E-state index in [1.54, 1.807) is 4.90 Å². The predicted molar refractivity (Wildman–Crippen MR) is 121 cm³/mol. The van der Waals surface area contributed by atoms with Crippen LogP contribution in [-0.2, 0) is 11.3 Å². The Morgan fingerprint density at radius 3 is 2.66 bits per heavy atom. The van der Waals surface area contributed by atoms with Gasteiger partial charge in [-0.25, -0.2) is 4.79 Å². The maximum atomic E-state index is 12.6. The Morgan fingerprint density at radius 2 is 1.94 bits per heavy atom. The summed E-state index contributed by atoms with van der Waals surface area (Å²) in [6, 6.07) is 18.0. The van der Waals surface area contributed by atoms with Crippen molar-refractivity contribution < 1.29 is 14.3 Å². The summed E-state index contributed by atoms with van der Waals surface area (Å²) in [5.41, 5.74) is 2.98. The summed E-state index contributed by atoms with van der Waals surface area (Å²) in [7, 11) is 0. The number of imidazole rings is 1. The lowest BCUT2D eigenvalue weighted by Crippen LogP contribution is -2.42. The Bertz CT molecular complexity index is 1140. The molecule has 0 saturated carbocycles. The van der Waals surface area contributed by atoms with Gasteiger partial charge in [0.2, 0.25) is 0 Å². The highest BCUT2D eigenvalue weighted by molar-refractivity contribution is 5.76. The van der Waals surface area contributed by atoms with Crippen LogP contribution in [0.4, 0.5) is 4.79 Å². The number of nitrogens with zero attached hydrogens (tertiary/aromatic N) is 4. The number of carbonyl (C=O) groups is 1. The zero-order valence-electron chi connectivity index (χ0n) is 18.7. The molecule has 1 fully saturated rings. The number of ether oxygens (including phenoxy) is 2. The maximum Gasteiger partial charge on any atom is 0.410 e. The smallest absolute Gasteiger partial charge is 0.410 e. The minimum atomic E-state index is -0.528. The molecule has 1 aliphatic rings. The van der Waals surface area contributed by atoms with Gasteiger partial charge in [0, 0.05) is 6.54 Å². The van der Waals surface area contributed by atoms with E-state index in [0.717, 1.165) is 29.4 Å². The maximum absolute atomic E-state index is 12.6. The molecule has 4 rings (SSSR count). The molecule has 7 nitrogen and oxygen atoms in total. The van der Waals surface area contributed by atoms with Crippen LogP contribution in [0, 0.1) is 11.3 Å². The number of rotatable bonds is 5. The molecule has 0 unspecified atom stereocenters. The Morgan fingerprint density at radius 1 is 1.19 bits per heavy atom. The van der Waals surface area contributed by atoms with Crippen molar-refractivity contribution >= 4 is 17.1 Å². The Labute approximate surface area is 188 Å². The fourth-order valence-electron chi connectivity index (χ4n) is 3.92. The number of amides is 1. The number of fused-ring (bicyclic) bond motifs is 1. The SMILES string of the molecule is CC(C)(C)OC(=O)N1CCC[C@@H]1COc1nc2ccccc2n1Cc1ccc(C#N)cc1. The number of nitriles is 1. The summed E-state index contributed by atoms with van der Waals surface area (Å²) >= 11 is 0. The van der Waals surface area contributed by atoms with E-state index in [1.807, 2.05) is 73.9 Å². The average molecular weight is 433 g/mol. The molecule has 32 heavy (non-hydrogen) atoms. The second kappa shape index (κ2) is 8.91. The molecular formula is C25H28N4O3.